The van der Waals surface area contributed by atoms with E-state index in [9.17, 15) is 13.5 Å². The second-order valence-corrected chi connectivity index (χ2v) is 10.8. The third-order valence-electron chi connectivity index (χ3n) is 4.90. The molecule has 0 radical (unpaired) electrons. The number of hydrogen-bond donors (Lipinski definition) is 2. The van der Waals surface area contributed by atoms with Crippen molar-refractivity contribution >= 4 is 37.6 Å². The zero-order chi connectivity index (χ0) is 22.1. The van der Waals surface area contributed by atoms with Gasteiger partial charge >= 0.3 is 0 Å². The first-order chi connectivity index (χ1) is 14.0. The number of nitrogens with zero attached hydrogens (tertiary/aromatic N) is 3. The molecule has 3 N–H and O–H groups in total. The topological polar surface area (TPSA) is 120 Å². The zero-order valence-corrected chi connectivity index (χ0v) is 18.8. The number of rotatable bonds is 9. The van der Waals surface area contributed by atoms with Gasteiger partial charge in [0.25, 0.3) is 0 Å². The van der Waals surface area contributed by atoms with Crippen molar-refractivity contribution in [3.8, 4) is 0 Å². The second kappa shape index (κ2) is 8.49. The van der Waals surface area contributed by atoms with Crippen LogP contribution in [0.15, 0.2) is 18.2 Å². The molecule has 2 heterocycles. The van der Waals surface area contributed by atoms with Gasteiger partial charge in [-0.1, -0.05) is 12.1 Å². The Morgan fingerprint density at radius 2 is 1.97 bits per heavy atom. The summed E-state index contributed by atoms with van der Waals surface area (Å²) in [7, 11) is -1.33. The predicted octanol–water partition coefficient (Wildman–Crippen LogP) is 2.45. The van der Waals surface area contributed by atoms with Gasteiger partial charge in [0.15, 0.2) is 5.82 Å². The average molecular weight is 435 g/mol. The van der Waals surface area contributed by atoms with E-state index in [0.717, 1.165) is 34.8 Å². The quantitative estimate of drug-likeness (QED) is 0.496. The fourth-order valence-electron chi connectivity index (χ4n) is 3.65. The molecular weight excluding hydrogens is 404 g/mol. The average Bonchev–Trinajstić information content (AvgIpc) is 2.96. The van der Waals surface area contributed by atoms with Gasteiger partial charge in [0.1, 0.15) is 27.8 Å². The molecule has 0 unspecified atom stereocenters. The van der Waals surface area contributed by atoms with E-state index in [0.29, 0.717) is 36.7 Å². The molecule has 0 saturated carbocycles. The van der Waals surface area contributed by atoms with Crippen LogP contribution < -0.4 is 5.73 Å². The maximum atomic E-state index is 11.3. The number of hydrogen-bond acceptors (Lipinski definition) is 7. The standard InChI is InChI=1S/C21H30N4O4S/c1-21(2,26)13-25-17(12-29-3)24-18-19(25)15-9-8-14(11-16(15)23-20(18)22)7-5-6-10-30(4,27)28/h8-9,11,26H,5-7,10,12-13H2,1-4H3,(H2,22,23). The van der Waals surface area contributed by atoms with Crippen molar-refractivity contribution < 1.29 is 18.3 Å². The molecule has 0 spiro atoms. The summed E-state index contributed by atoms with van der Waals surface area (Å²) < 4.78 is 29.8. The van der Waals surface area contributed by atoms with E-state index < -0.39 is 15.4 Å². The molecule has 2 aromatic heterocycles. The van der Waals surface area contributed by atoms with Crippen LogP contribution >= 0.6 is 0 Å². The van der Waals surface area contributed by atoms with Gasteiger partial charge in [-0.25, -0.2) is 18.4 Å². The number of nitrogens with two attached hydrogens (primary N) is 1. The molecule has 30 heavy (non-hydrogen) atoms. The van der Waals surface area contributed by atoms with Crippen LogP contribution in [0.2, 0.25) is 0 Å². The number of aromatic nitrogens is 3. The van der Waals surface area contributed by atoms with Crippen molar-refractivity contribution in [2.24, 2.45) is 0 Å². The van der Waals surface area contributed by atoms with Crippen molar-refractivity contribution in [3.63, 3.8) is 0 Å². The van der Waals surface area contributed by atoms with E-state index in [1.807, 2.05) is 22.8 Å². The summed E-state index contributed by atoms with van der Waals surface area (Å²) >= 11 is 0. The summed E-state index contributed by atoms with van der Waals surface area (Å²) in [4.78, 5) is 9.17. The summed E-state index contributed by atoms with van der Waals surface area (Å²) in [6, 6.07) is 6.01. The molecule has 0 fully saturated rings. The van der Waals surface area contributed by atoms with Gasteiger partial charge in [-0.2, -0.15) is 0 Å². The number of fused-ring (bicyclic) bond motifs is 3. The minimum absolute atomic E-state index is 0.199. The first-order valence-corrected chi connectivity index (χ1v) is 12.0. The van der Waals surface area contributed by atoms with Crippen molar-refractivity contribution in [3.05, 3.63) is 29.6 Å². The highest BCUT2D eigenvalue weighted by molar-refractivity contribution is 7.90. The fraction of sp³-hybridized carbons (Fsp3) is 0.524. The minimum Gasteiger partial charge on any atom is -0.389 e. The smallest absolute Gasteiger partial charge is 0.152 e. The molecule has 1 aromatic carbocycles. The number of unbranched alkanes of at least 4 members (excludes halogenated alkanes) is 1. The normalized spacial score (nSPS) is 12.8. The van der Waals surface area contributed by atoms with E-state index in [4.69, 9.17) is 10.5 Å². The van der Waals surface area contributed by atoms with Crippen LogP contribution in [0.4, 0.5) is 5.82 Å². The first kappa shape index (κ1) is 22.5. The lowest BCUT2D eigenvalue weighted by molar-refractivity contribution is 0.0597. The summed E-state index contributed by atoms with van der Waals surface area (Å²) in [5, 5.41) is 11.3. The summed E-state index contributed by atoms with van der Waals surface area (Å²) in [6.07, 6.45) is 3.44. The van der Waals surface area contributed by atoms with Gasteiger partial charge in [-0.05, 0) is 44.7 Å². The highest BCUT2D eigenvalue weighted by Gasteiger charge is 2.22. The Balaban J connectivity index is 2.02. The summed E-state index contributed by atoms with van der Waals surface area (Å²) in [5.74, 6) is 1.21. The van der Waals surface area contributed by atoms with Gasteiger partial charge < -0.3 is 20.1 Å². The maximum Gasteiger partial charge on any atom is 0.152 e. The Labute approximate surface area is 177 Å². The number of aryl methyl sites for hydroxylation is 1. The van der Waals surface area contributed by atoms with Crippen LogP contribution in [0.1, 0.15) is 38.1 Å². The molecule has 0 amide bonds. The molecule has 3 aromatic rings. The molecular formula is C21H30N4O4S. The van der Waals surface area contributed by atoms with E-state index in [1.165, 1.54) is 6.26 Å². The van der Waals surface area contributed by atoms with E-state index in [2.05, 4.69) is 9.97 Å². The number of imidazole rings is 1. The third-order valence-corrected chi connectivity index (χ3v) is 5.93. The summed E-state index contributed by atoms with van der Waals surface area (Å²) in [5.41, 5.74) is 8.54. The van der Waals surface area contributed by atoms with Crippen molar-refractivity contribution in [2.45, 2.75) is 51.9 Å². The van der Waals surface area contributed by atoms with E-state index >= 15 is 0 Å². The third kappa shape index (κ3) is 5.27. The molecule has 0 aliphatic carbocycles. The maximum absolute atomic E-state index is 11.3. The first-order valence-electron chi connectivity index (χ1n) is 9.95. The number of anilines is 1. The van der Waals surface area contributed by atoms with Gasteiger partial charge in [0.05, 0.1) is 23.2 Å². The number of benzene rings is 1. The van der Waals surface area contributed by atoms with E-state index in [1.54, 1.807) is 21.0 Å². The van der Waals surface area contributed by atoms with Crippen molar-refractivity contribution in [1.29, 1.82) is 0 Å². The molecule has 9 heteroatoms. The van der Waals surface area contributed by atoms with Crippen LogP contribution in [0, 0.1) is 0 Å². The highest BCUT2D eigenvalue weighted by Crippen LogP contribution is 2.31. The molecule has 164 valence electrons. The van der Waals surface area contributed by atoms with Gasteiger partial charge in [-0.15, -0.1) is 0 Å². The molecule has 0 aliphatic rings. The predicted molar refractivity (Wildman–Crippen MR) is 119 cm³/mol. The van der Waals surface area contributed by atoms with E-state index in [-0.39, 0.29) is 5.75 Å². The Morgan fingerprint density at radius 1 is 1.23 bits per heavy atom. The highest BCUT2D eigenvalue weighted by atomic mass is 32.2. The number of sulfone groups is 1. The fourth-order valence-corrected chi connectivity index (χ4v) is 4.38. The Morgan fingerprint density at radius 3 is 2.60 bits per heavy atom. The Kier molecular flexibility index (Phi) is 6.35. The molecule has 0 saturated heterocycles. The summed E-state index contributed by atoms with van der Waals surface area (Å²) in [6.45, 7) is 4.13. The lowest BCUT2D eigenvalue weighted by Crippen LogP contribution is -2.27. The Hall–Kier alpha value is -2.23. The lowest BCUT2D eigenvalue weighted by Gasteiger charge is -2.20. The van der Waals surface area contributed by atoms with Crippen molar-refractivity contribution in [1.82, 2.24) is 14.5 Å². The zero-order valence-electron chi connectivity index (χ0n) is 18.0. The number of pyridine rings is 1. The second-order valence-electron chi connectivity index (χ2n) is 8.49. The monoisotopic (exact) mass is 434 g/mol. The van der Waals surface area contributed by atoms with Crippen LogP contribution in [0.3, 0.4) is 0 Å². The van der Waals surface area contributed by atoms with Crippen LogP contribution in [-0.2, 0) is 34.1 Å². The molecule has 0 aliphatic heterocycles. The molecule has 0 bridgehead atoms. The molecule has 3 rings (SSSR count). The number of nitrogen functional groups attached to an aromatic ring is 1. The number of ether oxygens (including phenoxy) is 1. The van der Waals surface area contributed by atoms with Crippen LogP contribution in [-0.4, -0.2) is 52.8 Å². The van der Waals surface area contributed by atoms with Gasteiger partial charge in [-0.3, -0.25) is 0 Å². The van der Waals surface area contributed by atoms with Gasteiger partial charge in [0, 0.05) is 24.5 Å². The van der Waals surface area contributed by atoms with Gasteiger partial charge in [0.2, 0.25) is 0 Å². The lowest BCUT2D eigenvalue weighted by atomic mass is 10.0. The van der Waals surface area contributed by atoms with Crippen molar-refractivity contribution in [2.75, 3.05) is 24.9 Å². The number of aliphatic hydroxyl groups is 1. The number of methoxy groups -OCH3 is 1. The van der Waals surface area contributed by atoms with Crippen LogP contribution in [0.25, 0.3) is 21.9 Å². The molecule has 0 atom stereocenters. The largest absolute Gasteiger partial charge is 0.389 e. The Bertz CT molecular complexity index is 1160. The van der Waals surface area contributed by atoms with Crippen LogP contribution in [0.5, 0.6) is 0 Å². The molecule has 8 nitrogen and oxygen atoms in total. The SMILES string of the molecule is COCc1nc2c(N)nc3cc(CCCCS(C)(=O)=O)ccc3c2n1CC(C)(C)O. The minimum atomic E-state index is -2.93.